The first-order valence-corrected chi connectivity index (χ1v) is 16.1. The number of rotatable bonds is 13. The van der Waals surface area contributed by atoms with Crippen LogP contribution in [0.1, 0.15) is 55.0 Å². The summed E-state index contributed by atoms with van der Waals surface area (Å²) in [6.45, 7) is 8.19. The quantitative estimate of drug-likeness (QED) is 0.225. The van der Waals surface area contributed by atoms with E-state index in [4.69, 9.17) is 14.5 Å². The number of hydrogen-bond acceptors (Lipinski definition) is 8. The van der Waals surface area contributed by atoms with E-state index in [-0.39, 0.29) is 36.5 Å². The van der Waals surface area contributed by atoms with Crippen molar-refractivity contribution < 1.29 is 23.9 Å². The molecular weight excluding hydrogens is 596 g/mol. The van der Waals surface area contributed by atoms with E-state index in [1.165, 1.54) is 6.92 Å². The number of hydrogen-bond donors (Lipinski definition) is 1. The fourth-order valence-corrected chi connectivity index (χ4v) is 6.19. The monoisotopic (exact) mass is 640 g/mol. The molecule has 0 bridgehead atoms. The molecule has 11 heteroatoms. The fourth-order valence-electron chi connectivity index (χ4n) is 6.19. The zero-order chi connectivity index (χ0) is 33.5. The number of nitrogens with one attached hydrogen (secondary N) is 1. The lowest BCUT2D eigenvalue weighted by molar-refractivity contribution is -0.124. The number of carbonyl (C=O) groups excluding carboxylic acids is 3. The van der Waals surface area contributed by atoms with E-state index >= 15 is 0 Å². The highest BCUT2D eigenvalue weighted by Crippen LogP contribution is 2.32. The number of anilines is 1. The number of amides is 2. The minimum absolute atomic E-state index is 0.0231. The molecule has 1 N–H and O–H groups in total. The zero-order valence-corrected chi connectivity index (χ0v) is 27.9. The van der Waals surface area contributed by atoms with Crippen LogP contribution >= 0.6 is 0 Å². The van der Waals surface area contributed by atoms with Crippen LogP contribution in [0.15, 0.2) is 54.7 Å². The minimum atomic E-state index is -0.114. The van der Waals surface area contributed by atoms with Crippen molar-refractivity contribution in [2.75, 3.05) is 38.7 Å². The van der Waals surface area contributed by atoms with E-state index in [0.29, 0.717) is 37.0 Å². The number of methoxy groups -OCH3 is 1. The van der Waals surface area contributed by atoms with Crippen LogP contribution in [0, 0.1) is 13.8 Å². The second-order valence-electron chi connectivity index (χ2n) is 12.2. The van der Waals surface area contributed by atoms with Gasteiger partial charge in [-0.1, -0.05) is 18.2 Å². The Morgan fingerprint density at radius 1 is 1.02 bits per heavy atom. The molecular formula is C36H44N6O5. The van der Waals surface area contributed by atoms with Crippen molar-refractivity contribution in [1.29, 1.82) is 0 Å². The van der Waals surface area contributed by atoms with E-state index < -0.39 is 0 Å². The molecule has 1 fully saturated rings. The topological polar surface area (TPSA) is 119 Å². The predicted octanol–water partition coefficient (Wildman–Crippen LogP) is 4.60. The second-order valence-corrected chi connectivity index (χ2v) is 12.2. The van der Waals surface area contributed by atoms with Gasteiger partial charge in [0.15, 0.2) is 0 Å². The van der Waals surface area contributed by atoms with Gasteiger partial charge in [0.2, 0.25) is 11.8 Å². The summed E-state index contributed by atoms with van der Waals surface area (Å²) in [5, 5.41) is 2.95. The highest BCUT2D eigenvalue weighted by atomic mass is 16.5. The van der Waals surface area contributed by atoms with Crippen molar-refractivity contribution in [3.63, 3.8) is 0 Å². The van der Waals surface area contributed by atoms with Crippen molar-refractivity contribution in [3.05, 3.63) is 77.1 Å². The van der Waals surface area contributed by atoms with Gasteiger partial charge in [0.1, 0.15) is 23.7 Å². The molecule has 3 heterocycles. The predicted molar refractivity (Wildman–Crippen MR) is 181 cm³/mol. The summed E-state index contributed by atoms with van der Waals surface area (Å²) in [5.74, 6) is 0.543. The molecule has 2 aromatic carbocycles. The number of ketones is 1. The number of benzene rings is 2. The van der Waals surface area contributed by atoms with E-state index in [1.54, 1.807) is 25.3 Å². The third-order valence-electron chi connectivity index (χ3n) is 8.86. The maximum Gasteiger partial charge on any atom is 0.297 e. The van der Waals surface area contributed by atoms with E-state index in [9.17, 15) is 14.4 Å². The van der Waals surface area contributed by atoms with Crippen molar-refractivity contribution in [3.8, 4) is 11.8 Å². The van der Waals surface area contributed by atoms with Crippen LogP contribution in [0.2, 0.25) is 0 Å². The number of pyridine rings is 1. The average molecular weight is 641 g/mol. The lowest BCUT2D eigenvalue weighted by Gasteiger charge is -2.31. The third kappa shape index (κ3) is 8.15. The highest BCUT2D eigenvalue weighted by Gasteiger charge is 2.23. The van der Waals surface area contributed by atoms with Gasteiger partial charge in [-0.15, -0.1) is 0 Å². The van der Waals surface area contributed by atoms with Crippen LogP contribution in [0.4, 0.5) is 5.69 Å². The summed E-state index contributed by atoms with van der Waals surface area (Å²) in [6, 6.07) is 16.2. The fraction of sp³-hybridized carbons (Fsp3) is 0.417. The summed E-state index contributed by atoms with van der Waals surface area (Å²) in [6.07, 6.45) is 3.75. The van der Waals surface area contributed by atoms with Crippen LogP contribution in [0.25, 0.3) is 11.0 Å². The summed E-state index contributed by atoms with van der Waals surface area (Å²) >= 11 is 0. The molecule has 11 nitrogen and oxygen atoms in total. The Bertz CT molecular complexity index is 1730. The molecule has 1 aliphatic rings. The van der Waals surface area contributed by atoms with Crippen molar-refractivity contribution in [1.82, 2.24) is 24.8 Å². The number of para-hydroxylation sites is 1. The molecule has 4 aromatic rings. The van der Waals surface area contributed by atoms with E-state index in [1.807, 2.05) is 66.9 Å². The molecule has 0 atom stereocenters. The lowest BCUT2D eigenvalue weighted by atomic mass is 10.0. The number of nitrogens with zero attached hydrogens (tertiary/aromatic N) is 5. The number of ether oxygens (including phenoxy) is 2. The van der Waals surface area contributed by atoms with Gasteiger partial charge in [-0.05, 0) is 73.7 Å². The average Bonchev–Trinajstić information content (AvgIpc) is 3.42. The summed E-state index contributed by atoms with van der Waals surface area (Å²) in [5.41, 5.74) is 6.23. The SMILES string of the molecule is COc1nc2c(OCc3c(C)ccc(N(C)C(=O)CCC(=O)CN4CCC(NC(C)=O)CC4)c3C)cccc2n1Cc1ccccn1. The van der Waals surface area contributed by atoms with Gasteiger partial charge >= 0.3 is 0 Å². The molecule has 5 rings (SSSR count). The van der Waals surface area contributed by atoms with Gasteiger partial charge in [-0.3, -0.25) is 28.8 Å². The number of fused-ring (bicyclic) bond motifs is 1. The van der Waals surface area contributed by atoms with Crippen molar-refractivity contribution in [2.24, 2.45) is 0 Å². The molecule has 0 spiro atoms. The molecule has 0 saturated carbocycles. The molecule has 2 aromatic heterocycles. The molecule has 0 radical (unpaired) electrons. The molecule has 248 valence electrons. The first-order valence-electron chi connectivity index (χ1n) is 16.1. The van der Waals surface area contributed by atoms with E-state index in [2.05, 4.69) is 15.2 Å². The Morgan fingerprint density at radius 3 is 2.51 bits per heavy atom. The van der Waals surface area contributed by atoms with Crippen LogP contribution in [-0.2, 0) is 27.5 Å². The number of aromatic nitrogens is 3. The number of likely N-dealkylation sites (tertiary alicyclic amines) is 1. The largest absolute Gasteiger partial charge is 0.487 e. The number of aryl methyl sites for hydroxylation is 1. The Balaban J connectivity index is 1.21. The standard InChI is InChI=1S/C36H44N6O5/c1-24-12-14-31(40(4)34(45)15-13-29(44)22-41-19-16-27(17-20-41)38-26(3)43)25(2)30(24)23-47-33-11-8-10-32-35(33)39-36(46-5)42(32)21-28-9-6-7-18-37-28/h6-12,14,18,27H,13,15-17,19-23H2,1-5H3,(H,38,43). The zero-order valence-electron chi connectivity index (χ0n) is 27.9. The van der Waals surface area contributed by atoms with Crippen LogP contribution in [0.5, 0.6) is 11.8 Å². The first kappa shape index (κ1) is 33.6. The molecule has 1 aliphatic heterocycles. The van der Waals surface area contributed by atoms with Crippen LogP contribution in [-0.4, -0.2) is 76.9 Å². The Morgan fingerprint density at radius 2 is 1.81 bits per heavy atom. The molecule has 1 saturated heterocycles. The third-order valence-corrected chi connectivity index (χ3v) is 8.86. The smallest absolute Gasteiger partial charge is 0.297 e. The van der Waals surface area contributed by atoms with Crippen molar-refractivity contribution >= 4 is 34.3 Å². The number of piperidine rings is 1. The summed E-state index contributed by atoms with van der Waals surface area (Å²) < 4.78 is 14.0. The van der Waals surface area contributed by atoms with E-state index in [0.717, 1.165) is 59.5 Å². The van der Waals surface area contributed by atoms with Gasteiger partial charge in [0.25, 0.3) is 6.01 Å². The molecule has 2 amide bonds. The Hall–Kier alpha value is -4.77. The molecule has 0 unspecified atom stereocenters. The normalized spacial score (nSPS) is 13.8. The Labute approximate surface area is 275 Å². The van der Waals surface area contributed by atoms with Crippen LogP contribution in [0.3, 0.4) is 0 Å². The van der Waals surface area contributed by atoms with Crippen LogP contribution < -0.4 is 19.7 Å². The van der Waals surface area contributed by atoms with Gasteiger partial charge in [0, 0.05) is 57.8 Å². The Kier molecular flexibility index (Phi) is 10.9. The van der Waals surface area contributed by atoms with Crippen molar-refractivity contribution in [2.45, 2.75) is 65.6 Å². The van der Waals surface area contributed by atoms with Gasteiger partial charge < -0.3 is 19.7 Å². The van der Waals surface area contributed by atoms with Gasteiger partial charge in [-0.25, -0.2) is 0 Å². The maximum atomic E-state index is 13.2. The number of Topliss-reactive ketones (excluding diaryl/α,β-unsaturated/α-hetero) is 1. The maximum absolute atomic E-state index is 13.2. The van der Waals surface area contributed by atoms with Gasteiger partial charge in [-0.2, -0.15) is 4.98 Å². The summed E-state index contributed by atoms with van der Waals surface area (Å²) in [4.78, 5) is 50.2. The second kappa shape index (κ2) is 15.2. The number of imidazole rings is 1. The first-order chi connectivity index (χ1) is 22.6. The summed E-state index contributed by atoms with van der Waals surface area (Å²) in [7, 11) is 3.35. The number of carbonyl (C=O) groups is 3. The highest BCUT2D eigenvalue weighted by molar-refractivity contribution is 5.96. The lowest BCUT2D eigenvalue weighted by Crippen LogP contribution is -2.45. The molecule has 0 aliphatic carbocycles. The van der Waals surface area contributed by atoms with Gasteiger partial charge in [0.05, 0.1) is 31.4 Å². The minimum Gasteiger partial charge on any atom is -0.487 e. The molecule has 47 heavy (non-hydrogen) atoms.